The number of imidazole rings is 1. The maximum Gasteiger partial charge on any atom is 0.394 e. The quantitative estimate of drug-likeness (QED) is 0.332. The minimum Gasteiger partial charge on any atom is -0.396 e. The zero-order valence-corrected chi connectivity index (χ0v) is 17.0. The lowest BCUT2D eigenvalue weighted by molar-refractivity contribution is 0.244. The molecule has 0 unspecified atom stereocenters. The molecule has 11 nitrogen and oxygen atoms in total. The summed E-state index contributed by atoms with van der Waals surface area (Å²) in [6, 6.07) is 0.646. The third kappa shape index (κ3) is 6.43. The summed E-state index contributed by atoms with van der Waals surface area (Å²) in [5, 5.41) is 12.6. The SMILES string of the molecule is Cl.Cl.Nc1nc(NC2CC2)c2ncn([C@H]3C=C[C@@H](CO)C3)c2n1.O=S(=O)(O)O. The van der Waals surface area contributed by atoms with Crippen molar-refractivity contribution in [2.45, 2.75) is 31.3 Å². The van der Waals surface area contributed by atoms with Gasteiger partial charge in [0.2, 0.25) is 5.95 Å². The average molecular weight is 457 g/mol. The van der Waals surface area contributed by atoms with Crippen LogP contribution in [0, 0.1) is 5.92 Å². The first kappa shape index (κ1) is 24.3. The molecule has 0 radical (unpaired) electrons. The van der Waals surface area contributed by atoms with Crippen LogP contribution in [0.25, 0.3) is 11.2 Å². The van der Waals surface area contributed by atoms with Crippen LogP contribution in [-0.2, 0) is 10.4 Å². The number of aromatic nitrogens is 4. The minimum atomic E-state index is -4.67. The summed E-state index contributed by atoms with van der Waals surface area (Å²) in [6.07, 6.45) is 9.10. The first-order valence-electron chi connectivity index (χ1n) is 8.00. The number of nitrogens with zero attached hydrogens (tertiary/aromatic N) is 4. The van der Waals surface area contributed by atoms with E-state index in [4.69, 9.17) is 23.3 Å². The lowest BCUT2D eigenvalue weighted by Crippen LogP contribution is -2.10. The molecule has 6 N–H and O–H groups in total. The van der Waals surface area contributed by atoms with Gasteiger partial charge in [-0.25, -0.2) is 4.98 Å². The number of nitrogens with one attached hydrogen (secondary N) is 1. The Morgan fingerprint density at radius 3 is 2.39 bits per heavy atom. The molecule has 0 saturated heterocycles. The first-order chi connectivity index (χ1) is 12.2. The van der Waals surface area contributed by atoms with Crippen molar-refractivity contribution in [1.82, 2.24) is 19.5 Å². The number of anilines is 2. The van der Waals surface area contributed by atoms with Crippen molar-refractivity contribution in [2.75, 3.05) is 17.7 Å². The van der Waals surface area contributed by atoms with E-state index < -0.39 is 10.4 Å². The number of rotatable bonds is 4. The number of fused-ring (bicyclic) bond motifs is 1. The van der Waals surface area contributed by atoms with E-state index in [-0.39, 0.29) is 49.3 Å². The molecule has 1 saturated carbocycles. The van der Waals surface area contributed by atoms with E-state index in [0.717, 1.165) is 36.2 Å². The van der Waals surface area contributed by atoms with Crippen LogP contribution in [0.2, 0.25) is 0 Å². The zero-order chi connectivity index (χ0) is 18.9. The monoisotopic (exact) mass is 456 g/mol. The van der Waals surface area contributed by atoms with Crippen LogP contribution in [0.1, 0.15) is 25.3 Å². The normalized spacial score (nSPS) is 20.7. The van der Waals surface area contributed by atoms with Gasteiger partial charge in [0.15, 0.2) is 17.0 Å². The molecule has 0 spiro atoms. The minimum absolute atomic E-state index is 0. The van der Waals surface area contributed by atoms with Crippen molar-refractivity contribution in [1.29, 1.82) is 0 Å². The third-order valence-electron chi connectivity index (χ3n) is 4.10. The van der Waals surface area contributed by atoms with Crippen LogP contribution in [0.4, 0.5) is 11.8 Å². The van der Waals surface area contributed by atoms with Crippen LogP contribution in [0.3, 0.4) is 0 Å². The van der Waals surface area contributed by atoms with Crippen molar-refractivity contribution in [3.05, 3.63) is 18.5 Å². The largest absolute Gasteiger partial charge is 0.396 e. The Hall–Kier alpha value is -1.70. The van der Waals surface area contributed by atoms with Crippen LogP contribution < -0.4 is 11.1 Å². The number of hydrogen-bond donors (Lipinski definition) is 5. The van der Waals surface area contributed by atoms with Gasteiger partial charge in [-0.15, -0.1) is 24.8 Å². The summed E-state index contributed by atoms with van der Waals surface area (Å²) in [5.74, 6) is 1.18. The summed E-state index contributed by atoms with van der Waals surface area (Å²) in [4.78, 5) is 13.1. The Morgan fingerprint density at radius 1 is 1.21 bits per heavy atom. The molecular weight excluding hydrogens is 435 g/mol. The molecular formula is C14H22Cl2N6O5S. The fourth-order valence-electron chi connectivity index (χ4n) is 2.79. The van der Waals surface area contributed by atoms with Gasteiger partial charge in [-0.1, -0.05) is 12.2 Å². The van der Waals surface area contributed by atoms with Gasteiger partial charge in [-0.05, 0) is 19.3 Å². The lowest BCUT2D eigenvalue weighted by atomic mass is 10.1. The Balaban J connectivity index is 0.000000504. The number of halogens is 2. The molecule has 0 aromatic carbocycles. The Bertz CT molecular complexity index is 926. The van der Waals surface area contributed by atoms with Crippen LogP contribution in [0.5, 0.6) is 0 Å². The van der Waals surface area contributed by atoms with Crippen molar-refractivity contribution >= 4 is 58.1 Å². The highest BCUT2D eigenvalue weighted by molar-refractivity contribution is 7.79. The highest BCUT2D eigenvalue weighted by Crippen LogP contribution is 2.32. The second kappa shape index (κ2) is 9.67. The summed E-state index contributed by atoms with van der Waals surface area (Å²) in [6.45, 7) is 0.172. The Kier molecular flexibility index (Phi) is 8.41. The third-order valence-corrected chi connectivity index (χ3v) is 4.10. The van der Waals surface area contributed by atoms with Gasteiger partial charge in [-0.2, -0.15) is 18.4 Å². The molecule has 2 aliphatic rings. The van der Waals surface area contributed by atoms with Gasteiger partial charge >= 0.3 is 10.4 Å². The molecule has 0 bridgehead atoms. The molecule has 1 fully saturated rings. The fraction of sp³-hybridized carbons (Fsp3) is 0.500. The second-order valence-corrected chi connectivity index (χ2v) is 7.15. The van der Waals surface area contributed by atoms with E-state index in [1.54, 1.807) is 6.33 Å². The van der Waals surface area contributed by atoms with Gasteiger partial charge in [0.25, 0.3) is 0 Å². The molecule has 2 aromatic heterocycles. The van der Waals surface area contributed by atoms with Crippen LogP contribution in [-0.4, -0.2) is 54.8 Å². The van der Waals surface area contributed by atoms with E-state index in [2.05, 4.69) is 26.3 Å². The molecule has 158 valence electrons. The molecule has 28 heavy (non-hydrogen) atoms. The Morgan fingerprint density at radius 2 is 1.86 bits per heavy atom. The van der Waals surface area contributed by atoms with Crippen molar-refractivity contribution in [3.63, 3.8) is 0 Å². The van der Waals surface area contributed by atoms with Gasteiger partial charge < -0.3 is 20.7 Å². The Labute approximate surface area is 173 Å². The lowest BCUT2D eigenvalue weighted by Gasteiger charge is -2.13. The highest BCUT2D eigenvalue weighted by Gasteiger charge is 2.26. The summed E-state index contributed by atoms with van der Waals surface area (Å²) in [5.41, 5.74) is 7.35. The number of aliphatic hydroxyl groups excluding tert-OH is 1. The van der Waals surface area contributed by atoms with Crippen LogP contribution in [0.15, 0.2) is 18.5 Å². The molecule has 2 heterocycles. The van der Waals surface area contributed by atoms with Crippen molar-refractivity contribution < 1.29 is 22.6 Å². The first-order valence-corrected chi connectivity index (χ1v) is 9.40. The maximum atomic E-state index is 9.26. The molecule has 2 aliphatic carbocycles. The summed E-state index contributed by atoms with van der Waals surface area (Å²) >= 11 is 0. The maximum absolute atomic E-state index is 9.26. The number of hydrogen-bond acceptors (Lipinski definition) is 8. The van der Waals surface area contributed by atoms with E-state index in [1.165, 1.54) is 0 Å². The summed E-state index contributed by atoms with van der Waals surface area (Å²) < 4.78 is 33.6. The number of nitrogens with two attached hydrogens (primary N) is 1. The topological polar surface area (TPSA) is 176 Å². The number of nitrogen functional groups attached to an aromatic ring is 1. The average Bonchev–Trinajstić information content (AvgIpc) is 3.07. The second-order valence-electron chi connectivity index (χ2n) is 6.25. The molecule has 2 atom stereocenters. The van der Waals surface area contributed by atoms with E-state index >= 15 is 0 Å². The van der Waals surface area contributed by atoms with Crippen molar-refractivity contribution in [2.24, 2.45) is 5.92 Å². The number of aliphatic hydroxyl groups is 1. The predicted molar refractivity (Wildman–Crippen MR) is 108 cm³/mol. The van der Waals surface area contributed by atoms with E-state index in [0.29, 0.717) is 6.04 Å². The molecule has 14 heteroatoms. The van der Waals surface area contributed by atoms with Gasteiger partial charge in [0, 0.05) is 18.6 Å². The van der Waals surface area contributed by atoms with E-state index in [1.807, 2.05) is 10.6 Å². The number of allylic oxidation sites excluding steroid dienone is 1. The van der Waals surface area contributed by atoms with Gasteiger partial charge in [0.1, 0.15) is 0 Å². The molecule has 4 rings (SSSR count). The van der Waals surface area contributed by atoms with E-state index in [9.17, 15) is 5.11 Å². The fourth-order valence-corrected chi connectivity index (χ4v) is 2.79. The van der Waals surface area contributed by atoms with Gasteiger partial charge in [-0.3, -0.25) is 9.11 Å². The standard InChI is InChI=1S/C14H18N6O.2ClH.H2O4S/c15-14-18-12(17-9-2-3-9)11-13(19-14)20(7-16-11)10-4-1-8(5-10)6-21;;;1-5(2,3)4/h1,4,7-10,21H,2-3,5-6H2,(H3,15,17,18,19);2*1H;(H2,1,2,3,4)/t8-,10+;;;/m1.../s1. The van der Waals surface area contributed by atoms with Gasteiger partial charge in [0.05, 0.1) is 12.4 Å². The smallest absolute Gasteiger partial charge is 0.394 e. The predicted octanol–water partition coefficient (Wildman–Crippen LogP) is 1.28. The molecule has 2 aromatic rings. The highest BCUT2D eigenvalue weighted by atomic mass is 35.5. The molecule has 0 amide bonds. The zero-order valence-electron chi connectivity index (χ0n) is 14.5. The van der Waals surface area contributed by atoms with Crippen LogP contribution >= 0.6 is 24.8 Å². The molecule has 0 aliphatic heterocycles. The summed E-state index contributed by atoms with van der Waals surface area (Å²) in [7, 11) is -4.67. The van der Waals surface area contributed by atoms with Crippen molar-refractivity contribution in [3.8, 4) is 0 Å².